The molecule has 0 amide bonds. The van der Waals surface area contributed by atoms with Crippen LogP contribution in [0.15, 0.2) is 54.6 Å². The number of benzene rings is 2. The van der Waals surface area contributed by atoms with Crippen molar-refractivity contribution in [3.8, 4) is 0 Å². The molecule has 142 valence electrons. The van der Waals surface area contributed by atoms with Crippen LogP contribution in [0.3, 0.4) is 0 Å². The molecule has 2 rings (SSSR count). The van der Waals surface area contributed by atoms with Gasteiger partial charge < -0.3 is 4.90 Å². The molecule has 2 aromatic carbocycles. The van der Waals surface area contributed by atoms with Gasteiger partial charge >= 0.3 is 0 Å². The van der Waals surface area contributed by atoms with Crippen LogP contribution in [0.1, 0.15) is 77.2 Å². The fourth-order valence-electron chi connectivity index (χ4n) is 3.57. The first-order chi connectivity index (χ1) is 12.9. The Morgan fingerprint density at radius 1 is 0.615 bits per heavy atom. The summed E-state index contributed by atoms with van der Waals surface area (Å²) in [5.41, 5.74) is 4.21. The molecule has 2 aromatic rings. The first-order valence-corrected chi connectivity index (χ1v) is 10.8. The standard InChI is InChI=1S/C25H37N/c1-3-5-7-8-9-10-12-17-23-18-15-16-21-25(23)26(22-6-4-2)24-19-13-11-14-20-24/h11,13-16,18-21H,3-10,12,17,22H2,1-2H3. The first kappa shape index (κ1) is 20.6. The van der Waals surface area contributed by atoms with Crippen LogP contribution >= 0.6 is 0 Å². The van der Waals surface area contributed by atoms with E-state index in [0.717, 1.165) is 6.54 Å². The lowest BCUT2D eigenvalue weighted by molar-refractivity contribution is 0.589. The Hall–Kier alpha value is -1.76. The molecule has 0 aliphatic heterocycles. The largest absolute Gasteiger partial charge is 0.341 e. The molecule has 0 heterocycles. The summed E-state index contributed by atoms with van der Waals surface area (Å²) in [5, 5.41) is 0. The Morgan fingerprint density at radius 2 is 1.23 bits per heavy atom. The molecule has 26 heavy (non-hydrogen) atoms. The van der Waals surface area contributed by atoms with Gasteiger partial charge in [0, 0.05) is 17.9 Å². The van der Waals surface area contributed by atoms with Gasteiger partial charge in [-0.15, -0.1) is 0 Å². The van der Waals surface area contributed by atoms with Gasteiger partial charge in [0.1, 0.15) is 0 Å². The van der Waals surface area contributed by atoms with E-state index >= 15 is 0 Å². The van der Waals surface area contributed by atoms with Gasteiger partial charge in [0.05, 0.1) is 0 Å². The average molecular weight is 352 g/mol. The van der Waals surface area contributed by atoms with Crippen LogP contribution < -0.4 is 4.90 Å². The zero-order chi connectivity index (χ0) is 18.5. The van der Waals surface area contributed by atoms with Crippen molar-refractivity contribution in [1.29, 1.82) is 0 Å². The minimum absolute atomic E-state index is 1.09. The Labute approximate surface area is 161 Å². The molecule has 0 fully saturated rings. The van der Waals surface area contributed by atoms with E-state index < -0.39 is 0 Å². The highest BCUT2D eigenvalue weighted by Gasteiger charge is 2.12. The molecule has 0 unspecified atom stereocenters. The van der Waals surface area contributed by atoms with Crippen molar-refractivity contribution < 1.29 is 0 Å². The van der Waals surface area contributed by atoms with Crippen molar-refractivity contribution in [3.05, 3.63) is 60.2 Å². The molecule has 0 spiro atoms. The molecule has 1 nitrogen and oxygen atoms in total. The van der Waals surface area contributed by atoms with Crippen molar-refractivity contribution in [3.63, 3.8) is 0 Å². The topological polar surface area (TPSA) is 3.24 Å². The van der Waals surface area contributed by atoms with Crippen molar-refractivity contribution in [2.24, 2.45) is 0 Å². The van der Waals surface area contributed by atoms with Gasteiger partial charge in [-0.1, -0.05) is 95.2 Å². The van der Waals surface area contributed by atoms with Gasteiger partial charge in [-0.05, 0) is 43.0 Å². The van der Waals surface area contributed by atoms with Crippen molar-refractivity contribution in [2.45, 2.75) is 78.1 Å². The van der Waals surface area contributed by atoms with E-state index in [4.69, 9.17) is 0 Å². The van der Waals surface area contributed by atoms with Crippen LogP contribution in [0.5, 0.6) is 0 Å². The normalized spacial score (nSPS) is 10.8. The fraction of sp³-hybridized carbons (Fsp3) is 0.520. The summed E-state index contributed by atoms with van der Waals surface area (Å²) < 4.78 is 0. The molecule has 0 aromatic heterocycles. The third-order valence-corrected chi connectivity index (χ3v) is 5.14. The molecule has 0 aliphatic rings. The maximum Gasteiger partial charge on any atom is 0.0443 e. The highest BCUT2D eigenvalue weighted by Crippen LogP contribution is 2.30. The highest BCUT2D eigenvalue weighted by atomic mass is 15.1. The molecular formula is C25H37N. The van der Waals surface area contributed by atoms with Gasteiger partial charge in [0.2, 0.25) is 0 Å². The predicted octanol–water partition coefficient (Wildman–Crippen LogP) is 7.92. The van der Waals surface area contributed by atoms with Crippen molar-refractivity contribution in [2.75, 3.05) is 11.4 Å². The van der Waals surface area contributed by atoms with Crippen LogP contribution in [0.4, 0.5) is 11.4 Å². The summed E-state index contributed by atoms with van der Waals surface area (Å²) in [5.74, 6) is 0. The molecular weight excluding hydrogens is 314 g/mol. The Kier molecular flexibility index (Phi) is 9.94. The number of anilines is 2. The third kappa shape index (κ3) is 6.86. The maximum atomic E-state index is 2.51. The van der Waals surface area contributed by atoms with E-state index in [1.165, 1.54) is 81.1 Å². The fourth-order valence-corrected chi connectivity index (χ4v) is 3.57. The molecule has 0 aliphatic carbocycles. The molecule has 0 atom stereocenters. The summed E-state index contributed by atoms with van der Waals surface area (Å²) in [4.78, 5) is 2.51. The Morgan fingerprint density at radius 3 is 1.96 bits per heavy atom. The number of nitrogens with zero attached hydrogens (tertiary/aromatic N) is 1. The lowest BCUT2D eigenvalue weighted by atomic mass is 10.0. The third-order valence-electron chi connectivity index (χ3n) is 5.14. The molecule has 1 heteroatoms. The number of hydrogen-bond acceptors (Lipinski definition) is 1. The second kappa shape index (κ2) is 12.6. The number of para-hydroxylation sites is 2. The van der Waals surface area contributed by atoms with Crippen LogP contribution in [0, 0.1) is 0 Å². The number of unbranched alkanes of at least 4 members (excludes halogenated alkanes) is 7. The minimum atomic E-state index is 1.09. The Balaban J connectivity index is 2.00. The summed E-state index contributed by atoms with van der Waals surface area (Å²) >= 11 is 0. The van der Waals surface area contributed by atoms with Crippen LogP contribution in [-0.2, 0) is 6.42 Å². The van der Waals surface area contributed by atoms with Gasteiger partial charge in [-0.25, -0.2) is 0 Å². The number of hydrogen-bond donors (Lipinski definition) is 0. The van der Waals surface area contributed by atoms with Crippen LogP contribution in [0.2, 0.25) is 0 Å². The number of rotatable bonds is 13. The van der Waals surface area contributed by atoms with E-state index in [1.54, 1.807) is 0 Å². The van der Waals surface area contributed by atoms with Gasteiger partial charge in [0.15, 0.2) is 0 Å². The lowest BCUT2D eigenvalue weighted by Gasteiger charge is -2.27. The van der Waals surface area contributed by atoms with Crippen molar-refractivity contribution in [1.82, 2.24) is 0 Å². The maximum absolute atomic E-state index is 2.51. The van der Waals surface area contributed by atoms with E-state index in [1.807, 2.05) is 0 Å². The molecule has 0 bridgehead atoms. The predicted molar refractivity (Wildman–Crippen MR) is 116 cm³/mol. The van der Waals surface area contributed by atoms with Crippen LogP contribution in [-0.4, -0.2) is 6.54 Å². The van der Waals surface area contributed by atoms with E-state index in [0.29, 0.717) is 0 Å². The first-order valence-electron chi connectivity index (χ1n) is 10.8. The van der Waals surface area contributed by atoms with E-state index in [-0.39, 0.29) is 0 Å². The summed E-state index contributed by atoms with van der Waals surface area (Å²) in [7, 11) is 0. The molecule has 0 radical (unpaired) electrons. The summed E-state index contributed by atoms with van der Waals surface area (Å²) in [6, 6.07) is 19.9. The smallest absolute Gasteiger partial charge is 0.0443 e. The minimum Gasteiger partial charge on any atom is -0.341 e. The highest BCUT2D eigenvalue weighted by molar-refractivity contribution is 5.66. The molecule has 0 saturated heterocycles. The number of aryl methyl sites for hydroxylation is 1. The van der Waals surface area contributed by atoms with E-state index in [2.05, 4.69) is 73.3 Å². The summed E-state index contributed by atoms with van der Waals surface area (Å²) in [6.45, 7) is 5.65. The second-order valence-corrected chi connectivity index (χ2v) is 7.34. The summed E-state index contributed by atoms with van der Waals surface area (Å²) in [6.07, 6.45) is 13.2. The Bertz CT molecular complexity index is 590. The monoisotopic (exact) mass is 351 g/mol. The SMILES string of the molecule is CCCCCCCCCc1ccccc1N(CCCC)c1ccccc1. The second-order valence-electron chi connectivity index (χ2n) is 7.34. The average Bonchev–Trinajstić information content (AvgIpc) is 2.69. The van der Waals surface area contributed by atoms with E-state index in [9.17, 15) is 0 Å². The zero-order valence-corrected chi connectivity index (χ0v) is 16.9. The van der Waals surface area contributed by atoms with Gasteiger partial charge in [0.25, 0.3) is 0 Å². The molecule has 0 N–H and O–H groups in total. The van der Waals surface area contributed by atoms with Gasteiger partial charge in [-0.2, -0.15) is 0 Å². The molecule has 0 saturated carbocycles. The van der Waals surface area contributed by atoms with Gasteiger partial charge in [-0.3, -0.25) is 0 Å². The quantitative estimate of drug-likeness (QED) is 0.331. The van der Waals surface area contributed by atoms with Crippen molar-refractivity contribution >= 4 is 11.4 Å². The zero-order valence-electron chi connectivity index (χ0n) is 16.9. The lowest BCUT2D eigenvalue weighted by Crippen LogP contribution is -2.19. The van der Waals surface area contributed by atoms with Crippen LogP contribution in [0.25, 0.3) is 0 Å².